The number of carbonyl (C=O) groups excluding carboxylic acids is 1. The molecule has 4 heteroatoms. The first kappa shape index (κ1) is 12.7. The highest BCUT2D eigenvalue weighted by atomic mass is 79.9. The van der Waals surface area contributed by atoms with E-state index in [1.807, 2.05) is 30.3 Å². The zero-order valence-electron chi connectivity index (χ0n) is 8.69. The van der Waals surface area contributed by atoms with E-state index in [-0.39, 0.29) is 0 Å². The van der Waals surface area contributed by atoms with Crippen molar-refractivity contribution < 1.29 is 4.79 Å². The summed E-state index contributed by atoms with van der Waals surface area (Å²) in [4.78, 5) is 12.9. The van der Waals surface area contributed by atoms with Crippen molar-refractivity contribution in [3.8, 4) is 0 Å². The van der Waals surface area contributed by atoms with Crippen LogP contribution in [-0.2, 0) is 0 Å². The summed E-state index contributed by atoms with van der Waals surface area (Å²) in [6.45, 7) is 0. The number of rotatable bonds is 3. The van der Waals surface area contributed by atoms with E-state index in [4.69, 9.17) is 11.6 Å². The first-order valence-electron chi connectivity index (χ1n) is 4.88. The Hall–Kier alpha value is -0.770. The molecule has 0 amide bonds. The largest absolute Gasteiger partial charge is 0.298 e. The molecule has 0 aromatic heterocycles. The van der Waals surface area contributed by atoms with E-state index in [0.29, 0.717) is 10.6 Å². The summed E-state index contributed by atoms with van der Waals surface area (Å²) in [5.41, 5.74) is 0.609. The Morgan fingerprint density at radius 2 is 1.88 bits per heavy atom. The van der Waals surface area contributed by atoms with Gasteiger partial charge in [0.1, 0.15) is 0 Å². The highest BCUT2D eigenvalue weighted by Gasteiger charge is 2.06. The number of hydrogen-bond donors (Lipinski definition) is 0. The molecule has 0 radical (unpaired) electrons. The number of halogens is 2. The van der Waals surface area contributed by atoms with Crippen molar-refractivity contribution in [1.82, 2.24) is 0 Å². The molecule has 0 unspecified atom stereocenters. The Morgan fingerprint density at radius 1 is 1.12 bits per heavy atom. The van der Waals surface area contributed by atoms with Crippen LogP contribution in [0.2, 0.25) is 5.02 Å². The van der Waals surface area contributed by atoms with Crippen molar-refractivity contribution in [2.24, 2.45) is 0 Å². The lowest BCUT2D eigenvalue weighted by atomic mass is 10.2. The molecule has 0 fully saturated rings. The fourth-order valence-electron chi connectivity index (χ4n) is 1.35. The third-order valence-electron chi connectivity index (χ3n) is 2.16. The van der Waals surface area contributed by atoms with Crippen LogP contribution in [0.15, 0.2) is 56.7 Å². The minimum absolute atomic E-state index is 0.573. The number of hydrogen-bond acceptors (Lipinski definition) is 2. The fraction of sp³-hybridized carbons (Fsp3) is 0. The van der Waals surface area contributed by atoms with Gasteiger partial charge in [0.05, 0.1) is 0 Å². The van der Waals surface area contributed by atoms with Gasteiger partial charge >= 0.3 is 0 Å². The average molecular weight is 328 g/mol. The predicted molar refractivity (Wildman–Crippen MR) is 75.1 cm³/mol. The van der Waals surface area contributed by atoms with Crippen LogP contribution >= 0.6 is 39.3 Å². The molecule has 0 heterocycles. The molecular weight excluding hydrogens is 320 g/mol. The molecule has 0 aliphatic carbocycles. The van der Waals surface area contributed by atoms with Gasteiger partial charge in [-0.1, -0.05) is 35.5 Å². The van der Waals surface area contributed by atoms with Crippen LogP contribution in [0.25, 0.3) is 0 Å². The molecule has 0 spiro atoms. The van der Waals surface area contributed by atoms with Crippen molar-refractivity contribution in [2.45, 2.75) is 9.79 Å². The van der Waals surface area contributed by atoms with Crippen molar-refractivity contribution in [3.63, 3.8) is 0 Å². The molecule has 0 N–H and O–H groups in total. The normalized spacial score (nSPS) is 10.2. The van der Waals surface area contributed by atoms with Gasteiger partial charge in [0, 0.05) is 24.8 Å². The summed E-state index contributed by atoms with van der Waals surface area (Å²) in [6.07, 6.45) is 0.824. The van der Waals surface area contributed by atoms with E-state index in [2.05, 4.69) is 15.9 Å². The van der Waals surface area contributed by atoms with Crippen molar-refractivity contribution >= 4 is 45.6 Å². The van der Waals surface area contributed by atoms with Crippen molar-refractivity contribution in [2.75, 3.05) is 0 Å². The quantitative estimate of drug-likeness (QED) is 0.732. The SMILES string of the molecule is O=Cc1cc(Cl)ccc1Sc1ccccc1Br. The molecule has 0 saturated heterocycles. The molecule has 0 bridgehead atoms. The highest BCUT2D eigenvalue weighted by molar-refractivity contribution is 9.10. The van der Waals surface area contributed by atoms with Gasteiger partial charge < -0.3 is 0 Å². The second-order valence-electron chi connectivity index (χ2n) is 3.33. The van der Waals surface area contributed by atoms with E-state index < -0.39 is 0 Å². The molecule has 1 nitrogen and oxygen atoms in total. The minimum atomic E-state index is 0.573. The Morgan fingerprint density at radius 3 is 2.59 bits per heavy atom. The number of carbonyl (C=O) groups is 1. The molecular formula is C13H8BrClOS. The van der Waals surface area contributed by atoms with Crippen LogP contribution in [0.1, 0.15) is 10.4 Å². The van der Waals surface area contributed by atoms with Gasteiger partial charge in [0.15, 0.2) is 6.29 Å². The summed E-state index contributed by atoms with van der Waals surface area (Å²) in [5.74, 6) is 0. The third-order valence-corrected chi connectivity index (χ3v) is 4.51. The molecule has 0 saturated carbocycles. The Bertz CT molecular complexity index is 557. The van der Waals surface area contributed by atoms with Crippen LogP contribution < -0.4 is 0 Å². The van der Waals surface area contributed by atoms with Crippen molar-refractivity contribution in [3.05, 3.63) is 57.5 Å². The number of benzene rings is 2. The fourth-order valence-corrected chi connectivity index (χ4v) is 2.97. The Labute approximate surface area is 117 Å². The number of aldehydes is 1. The van der Waals surface area contributed by atoms with Gasteiger partial charge in [-0.2, -0.15) is 0 Å². The van der Waals surface area contributed by atoms with Gasteiger partial charge in [-0.3, -0.25) is 4.79 Å². The summed E-state index contributed by atoms with van der Waals surface area (Å²) < 4.78 is 1.01. The van der Waals surface area contributed by atoms with E-state index in [1.54, 1.807) is 12.1 Å². The summed E-state index contributed by atoms with van der Waals surface area (Å²) in [6, 6.07) is 13.2. The Kier molecular flexibility index (Phi) is 4.26. The predicted octanol–water partition coefficient (Wildman–Crippen LogP) is 5.07. The maximum atomic E-state index is 11.0. The first-order valence-corrected chi connectivity index (χ1v) is 6.86. The topological polar surface area (TPSA) is 17.1 Å². The van der Waals surface area contributed by atoms with Crippen LogP contribution in [0.5, 0.6) is 0 Å². The minimum Gasteiger partial charge on any atom is -0.298 e. The molecule has 0 aliphatic rings. The Balaban J connectivity index is 2.36. The van der Waals surface area contributed by atoms with Crippen LogP contribution in [0.4, 0.5) is 0 Å². The van der Waals surface area contributed by atoms with Crippen LogP contribution in [0.3, 0.4) is 0 Å². The second-order valence-corrected chi connectivity index (χ2v) is 5.71. The lowest BCUT2D eigenvalue weighted by Gasteiger charge is -2.06. The smallest absolute Gasteiger partial charge is 0.151 e. The molecule has 2 rings (SSSR count). The summed E-state index contributed by atoms with van der Waals surface area (Å²) in [5, 5.41) is 0.573. The highest BCUT2D eigenvalue weighted by Crippen LogP contribution is 2.35. The van der Waals surface area contributed by atoms with E-state index in [9.17, 15) is 4.79 Å². The van der Waals surface area contributed by atoms with Crippen molar-refractivity contribution in [1.29, 1.82) is 0 Å². The van der Waals surface area contributed by atoms with Crippen LogP contribution in [0, 0.1) is 0 Å². The molecule has 2 aromatic carbocycles. The summed E-state index contributed by atoms with van der Waals surface area (Å²) >= 11 is 10.9. The first-order chi connectivity index (χ1) is 8.20. The molecule has 17 heavy (non-hydrogen) atoms. The monoisotopic (exact) mass is 326 g/mol. The maximum absolute atomic E-state index is 11.0. The zero-order valence-corrected chi connectivity index (χ0v) is 11.8. The molecule has 2 aromatic rings. The van der Waals surface area contributed by atoms with Gasteiger partial charge in [0.25, 0.3) is 0 Å². The standard InChI is InChI=1S/C13H8BrClOS/c14-11-3-1-2-4-13(11)17-12-6-5-10(15)7-9(12)8-16/h1-8H. The lowest BCUT2D eigenvalue weighted by molar-refractivity contribution is 0.112. The molecule has 0 atom stereocenters. The van der Waals surface area contributed by atoms with E-state index in [0.717, 1.165) is 20.5 Å². The average Bonchev–Trinajstić information content (AvgIpc) is 2.34. The maximum Gasteiger partial charge on any atom is 0.151 e. The lowest BCUT2D eigenvalue weighted by Crippen LogP contribution is -1.85. The van der Waals surface area contributed by atoms with Gasteiger partial charge in [0.2, 0.25) is 0 Å². The second kappa shape index (κ2) is 5.71. The third kappa shape index (κ3) is 3.12. The van der Waals surface area contributed by atoms with Gasteiger partial charge in [-0.05, 0) is 46.3 Å². The molecule has 86 valence electrons. The summed E-state index contributed by atoms with van der Waals surface area (Å²) in [7, 11) is 0. The van der Waals surface area contributed by atoms with E-state index in [1.165, 1.54) is 11.8 Å². The van der Waals surface area contributed by atoms with E-state index >= 15 is 0 Å². The van der Waals surface area contributed by atoms with Gasteiger partial charge in [-0.15, -0.1) is 0 Å². The molecule has 0 aliphatic heterocycles. The zero-order chi connectivity index (χ0) is 12.3. The van der Waals surface area contributed by atoms with Gasteiger partial charge in [-0.25, -0.2) is 0 Å². The van der Waals surface area contributed by atoms with Crippen LogP contribution in [-0.4, -0.2) is 6.29 Å².